The first-order valence-electron chi connectivity index (χ1n) is 9.18. The molecule has 0 aliphatic carbocycles. The van der Waals surface area contributed by atoms with Gasteiger partial charge in [-0.2, -0.15) is 0 Å². The van der Waals surface area contributed by atoms with Gasteiger partial charge in [-0.3, -0.25) is 5.32 Å². The number of rotatable bonds is 5. The quantitative estimate of drug-likeness (QED) is 0.590. The second-order valence-electron chi connectivity index (χ2n) is 6.40. The van der Waals surface area contributed by atoms with Crippen molar-refractivity contribution < 1.29 is 9.53 Å². The van der Waals surface area contributed by atoms with Crippen LogP contribution in [0.15, 0.2) is 42.9 Å². The molecule has 29 heavy (non-hydrogen) atoms. The number of hydrogen-bond acceptors (Lipinski definition) is 8. The SMILES string of the molecule is Nc1ncc(-c2cnc(NC(=O)NCc3ccccc3N3CCOCC3)s2)cn1. The fourth-order valence-corrected chi connectivity index (χ4v) is 3.81. The number of morpholine rings is 1. The Hall–Kier alpha value is -3.24. The smallest absolute Gasteiger partial charge is 0.321 e. The molecular formula is C19H21N7O2S. The Kier molecular flexibility index (Phi) is 5.82. The summed E-state index contributed by atoms with van der Waals surface area (Å²) >= 11 is 1.34. The molecule has 1 aliphatic heterocycles. The fraction of sp³-hybridized carbons (Fsp3) is 0.263. The van der Waals surface area contributed by atoms with Crippen LogP contribution in [0.3, 0.4) is 0 Å². The third kappa shape index (κ3) is 4.79. The van der Waals surface area contributed by atoms with Crippen molar-refractivity contribution in [3.63, 3.8) is 0 Å². The zero-order valence-corrected chi connectivity index (χ0v) is 16.5. The number of nitrogens with zero attached hydrogens (tertiary/aromatic N) is 4. The van der Waals surface area contributed by atoms with E-state index < -0.39 is 0 Å². The van der Waals surface area contributed by atoms with Crippen LogP contribution in [0.2, 0.25) is 0 Å². The number of urea groups is 1. The molecule has 10 heteroatoms. The molecule has 0 atom stereocenters. The molecule has 2 amide bonds. The highest BCUT2D eigenvalue weighted by Gasteiger charge is 2.15. The van der Waals surface area contributed by atoms with Crippen molar-refractivity contribution in [3.05, 3.63) is 48.4 Å². The van der Waals surface area contributed by atoms with Gasteiger partial charge in [0.25, 0.3) is 0 Å². The Morgan fingerprint density at radius 3 is 2.69 bits per heavy atom. The second kappa shape index (κ2) is 8.84. The van der Waals surface area contributed by atoms with Crippen LogP contribution >= 0.6 is 11.3 Å². The maximum atomic E-state index is 12.3. The summed E-state index contributed by atoms with van der Waals surface area (Å²) in [6.45, 7) is 3.55. The molecule has 150 valence electrons. The van der Waals surface area contributed by atoms with E-state index in [1.54, 1.807) is 18.6 Å². The number of aromatic nitrogens is 3. The van der Waals surface area contributed by atoms with E-state index in [4.69, 9.17) is 10.5 Å². The number of benzene rings is 1. The first-order chi connectivity index (χ1) is 14.2. The van der Waals surface area contributed by atoms with Crippen molar-refractivity contribution in [2.75, 3.05) is 42.3 Å². The van der Waals surface area contributed by atoms with Gasteiger partial charge in [-0.25, -0.2) is 19.7 Å². The van der Waals surface area contributed by atoms with E-state index in [1.165, 1.54) is 11.3 Å². The van der Waals surface area contributed by atoms with Crippen LogP contribution in [0, 0.1) is 0 Å². The Morgan fingerprint density at radius 2 is 1.90 bits per heavy atom. The van der Waals surface area contributed by atoms with Crippen molar-refractivity contribution >= 4 is 34.1 Å². The van der Waals surface area contributed by atoms with Gasteiger partial charge in [-0.1, -0.05) is 29.5 Å². The number of hydrogen-bond donors (Lipinski definition) is 3. The molecule has 4 rings (SSSR count). The van der Waals surface area contributed by atoms with Gasteiger partial charge in [0, 0.05) is 49.5 Å². The first kappa shape index (κ1) is 19.1. The van der Waals surface area contributed by atoms with E-state index >= 15 is 0 Å². The molecule has 1 aromatic carbocycles. The van der Waals surface area contributed by atoms with Crippen LogP contribution < -0.4 is 21.3 Å². The maximum absolute atomic E-state index is 12.3. The highest BCUT2D eigenvalue weighted by Crippen LogP contribution is 2.28. The van der Waals surface area contributed by atoms with Gasteiger partial charge in [0.1, 0.15) is 0 Å². The number of nitrogens with one attached hydrogen (secondary N) is 2. The van der Waals surface area contributed by atoms with E-state index in [0.717, 1.165) is 34.8 Å². The molecule has 4 N–H and O–H groups in total. The summed E-state index contributed by atoms with van der Waals surface area (Å²) in [4.78, 5) is 27.6. The zero-order valence-electron chi connectivity index (χ0n) is 15.7. The van der Waals surface area contributed by atoms with Crippen LogP contribution in [-0.4, -0.2) is 47.3 Å². The van der Waals surface area contributed by atoms with Crippen molar-refractivity contribution in [3.8, 4) is 10.4 Å². The number of nitrogens with two attached hydrogens (primary N) is 1. The number of ether oxygens (including phenoxy) is 1. The van der Waals surface area contributed by atoms with Crippen LogP contribution in [0.5, 0.6) is 0 Å². The number of nitrogen functional groups attached to an aromatic ring is 1. The Labute approximate surface area is 172 Å². The number of amides is 2. The fourth-order valence-electron chi connectivity index (χ4n) is 3.02. The average Bonchev–Trinajstić information content (AvgIpc) is 3.22. The van der Waals surface area contributed by atoms with Gasteiger partial charge >= 0.3 is 6.03 Å². The van der Waals surface area contributed by atoms with E-state index in [-0.39, 0.29) is 12.0 Å². The molecule has 0 unspecified atom stereocenters. The Balaban J connectivity index is 1.36. The number of thiazole rings is 1. The molecule has 0 saturated carbocycles. The summed E-state index contributed by atoms with van der Waals surface area (Å²) in [7, 11) is 0. The molecule has 2 aromatic heterocycles. The molecule has 1 saturated heterocycles. The summed E-state index contributed by atoms with van der Waals surface area (Å²) in [5.74, 6) is 0.216. The highest BCUT2D eigenvalue weighted by atomic mass is 32.1. The molecular weight excluding hydrogens is 390 g/mol. The lowest BCUT2D eigenvalue weighted by molar-refractivity contribution is 0.122. The number of carbonyl (C=O) groups excluding carboxylic acids is 1. The lowest BCUT2D eigenvalue weighted by Crippen LogP contribution is -2.37. The predicted molar refractivity (Wildman–Crippen MR) is 113 cm³/mol. The van der Waals surface area contributed by atoms with Crippen LogP contribution in [0.1, 0.15) is 5.56 Å². The van der Waals surface area contributed by atoms with E-state index in [1.807, 2.05) is 18.2 Å². The number of carbonyl (C=O) groups is 1. The van der Waals surface area contributed by atoms with Crippen molar-refractivity contribution in [1.29, 1.82) is 0 Å². The molecule has 0 radical (unpaired) electrons. The minimum Gasteiger partial charge on any atom is -0.378 e. The lowest BCUT2D eigenvalue weighted by Gasteiger charge is -2.30. The molecule has 1 fully saturated rings. The summed E-state index contributed by atoms with van der Waals surface area (Å²) < 4.78 is 5.42. The topological polar surface area (TPSA) is 118 Å². The summed E-state index contributed by atoms with van der Waals surface area (Å²) in [6.07, 6.45) is 4.92. The second-order valence-corrected chi connectivity index (χ2v) is 7.43. The maximum Gasteiger partial charge on any atom is 0.321 e. The van der Waals surface area contributed by atoms with E-state index in [2.05, 4.69) is 36.6 Å². The van der Waals surface area contributed by atoms with E-state index in [0.29, 0.717) is 24.9 Å². The van der Waals surface area contributed by atoms with E-state index in [9.17, 15) is 4.79 Å². The standard InChI is InChI=1S/C19H21N7O2S/c20-17-21-10-14(11-22-17)16-12-24-19(29-16)25-18(27)23-9-13-3-1-2-4-15(13)26-5-7-28-8-6-26/h1-4,10-12H,5-9H2,(H2,20,21,22)(H2,23,24,25,27). The van der Waals surface area contributed by atoms with Crippen LogP contribution in [0.4, 0.5) is 21.6 Å². The molecule has 0 spiro atoms. The third-order valence-electron chi connectivity index (χ3n) is 4.47. The van der Waals surface area contributed by atoms with Gasteiger partial charge in [-0.05, 0) is 11.6 Å². The number of para-hydroxylation sites is 1. The van der Waals surface area contributed by atoms with Crippen molar-refractivity contribution in [2.45, 2.75) is 6.54 Å². The molecule has 9 nitrogen and oxygen atoms in total. The molecule has 3 heterocycles. The van der Waals surface area contributed by atoms with Crippen molar-refractivity contribution in [1.82, 2.24) is 20.3 Å². The zero-order chi connectivity index (χ0) is 20.1. The van der Waals surface area contributed by atoms with Crippen molar-refractivity contribution in [2.24, 2.45) is 0 Å². The summed E-state index contributed by atoms with van der Waals surface area (Å²) in [5.41, 5.74) is 8.48. The van der Waals surface area contributed by atoms with Gasteiger partial charge in [0.05, 0.1) is 18.1 Å². The van der Waals surface area contributed by atoms with Crippen LogP contribution in [-0.2, 0) is 11.3 Å². The Morgan fingerprint density at radius 1 is 1.14 bits per heavy atom. The monoisotopic (exact) mass is 411 g/mol. The third-order valence-corrected chi connectivity index (χ3v) is 5.43. The number of anilines is 3. The van der Waals surface area contributed by atoms with Gasteiger partial charge < -0.3 is 20.7 Å². The molecule has 1 aliphatic rings. The molecule has 0 bridgehead atoms. The normalized spacial score (nSPS) is 13.9. The van der Waals surface area contributed by atoms with Gasteiger partial charge in [-0.15, -0.1) is 0 Å². The summed E-state index contributed by atoms with van der Waals surface area (Å²) in [5, 5.41) is 6.17. The minimum atomic E-state index is -0.309. The van der Waals surface area contributed by atoms with Gasteiger partial charge in [0.2, 0.25) is 5.95 Å². The Bertz CT molecular complexity index is 971. The molecule has 3 aromatic rings. The lowest BCUT2D eigenvalue weighted by atomic mass is 10.1. The largest absolute Gasteiger partial charge is 0.378 e. The summed E-state index contributed by atoms with van der Waals surface area (Å²) in [6, 6.07) is 7.76. The van der Waals surface area contributed by atoms with Crippen LogP contribution in [0.25, 0.3) is 10.4 Å². The first-order valence-corrected chi connectivity index (χ1v) is 10.00. The predicted octanol–water partition coefficient (Wildman–Crippen LogP) is 2.34. The van der Waals surface area contributed by atoms with Gasteiger partial charge in [0.15, 0.2) is 5.13 Å². The minimum absolute atomic E-state index is 0.216. The average molecular weight is 411 g/mol. The highest BCUT2D eigenvalue weighted by molar-refractivity contribution is 7.19.